The third-order valence-corrected chi connectivity index (χ3v) is 8.35. The number of carbonyl (C=O) groups is 2. The van der Waals surface area contributed by atoms with Gasteiger partial charge < -0.3 is 16.0 Å². The topological polar surface area (TPSA) is 70.2 Å². The van der Waals surface area contributed by atoms with Crippen LogP contribution in [0.3, 0.4) is 0 Å². The molecule has 1 fully saturated rings. The molecule has 5 heteroatoms. The summed E-state index contributed by atoms with van der Waals surface area (Å²) in [5.41, 5.74) is 2.78. The van der Waals surface area contributed by atoms with E-state index in [0.717, 1.165) is 49.9 Å². The Bertz CT molecular complexity index is 809. The Kier molecular flexibility index (Phi) is 12.1. The van der Waals surface area contributed by atoms with Crippen molar-refractivity contribution in [1.82, 2.24) is 10.6 Å². The highest BCUT2D eigenvalue weighted by molar-refractivity contribution is 5.91. The van der Waals surface area contributed by atoms with Gasteiger partial charge in [0.2, 0.25) is 5.91 Å². The molecule has 1 aliphatic carbocycles. The molecular weight excluding hydrogens is 434 g/mol. The number of unbranched alkanes of at least 4 members (excludes halogenated alkanes) is 2. The van der Waals surface area contributed by atoms with E-state index in [1.807, 2.05) is 12.1 Å². The molecule has 0 saturated heterocycles. The predicted octanol–water partition coefficient (Wildman–Crippen LogP) is 7.55. The molecule has 1 aromatic rings. The monoisotopic (exact) mass is 485 g/mol. The van der Waals surface area contributed by atoms with Crippen molar-refractivity contribution in [2.75, 3.05) is 18.4 Å². The summed E-state index contributed by atoms with van der Waals surface area (Å²) in [4.78, 5) is 25.9. The average molecular weight is 486 g/mol. The lowest BCUT2D eigenvalue weighted by atomic mass is 9.92. The highest BCUT2D eigenvalue weighted by Gasteiger charge is 2.59. The molecule has 0 radical (unpaired) electrons. The van der Waals surface area contributed by atoms with Crippen molar-refractivity contribution in [3.05, 3.63) is 29.3 Å². The predicted molar refractivity (Wildman–Crippen MR) is 148 cm³/mol. The lowest BCUT2D eigenvalue weighted by Gasteiger charge is -2.21. The number of amides is 3. The fourth-order valence-electron chi connectivity index (χ4n) is 5.38. The molecule has 1 aliphatic rings. The van der Waals surface area contributed by atoms with Crippen molar-refractivity contribution in [3.8, 4) is 0 Å². The number of anilines is 1. The molecule has 3 amide bonds. The summed E-state index contributed by atoms with van der Waals surface area (Å²) in [5, 5.41) is 9.41. The highest BCUT2D eigenvalue weighted by Crippen LogP contribution is 2.62. The maximum atomic E-state index is 13.3. The second kappa shape index (κ2) is 14.5. The summed E-state index contributed by atoms with van der Waals surface area (Å²) < 4.78 is 0. The van der Waals surface area contributed by atoms with Crippen LogP contribution in [-0.4, -0.2) is 25.0 Å². The van der Waals surface area contributed by atoms with Crippen molar-refractivity contribution >= 4 is 17.6 Å². The van der Waals surface area contributed by atoms with Crippen LogP contribution in [0, 0.1) is 24.2 Å². The van der Waals surface area contributed by atoms with Gasteiger partial charge >= 0.3 is 6.03 Å². The molecule has 4 atom stereocenters. The lowest BCUT2D eigenvalue weighted by molar-refractivity contribution is -0.126. The zero-order valence-corrected chi connectivity index (χ0v) is 23.3. The van der Waals surface area contributed by atoms with Gasteiger partial charge in [-0.1, -0.05) is 85.3 Å². The van der Waals surface area contributed by atoms with E-state index in [1.165, 1.54) is 37.7 Å². The summed E-state index contributed by atoms with van der Waals surface area (Å²) in [6.45, 7) is 14.5. The Morgan fingerprint density at radius 2 is 1.54 bits per heavy atom. The van der Waals surface area contributed by atoms with Crippen LogP contribution in [0.2, 0.25) is 0 Å². The third kappa shape index (κ3) is 7.98. The largest absolute Gasteiger partial charge is 0.355 e. The average Bonchev–Trinajstić information content (AvgIpc) is 3.61. The summed E-state index contributed by atoms with van der Waals surface area (Å²) >= 11 is 0. The van der Waals surface area contributed by atoms with Crippen molar-refractivity contribution in [2.45, 2.75) is 112 Å². The maximum Gasteiger partial charge on any atom is 0.319 e. The number of hydrogen-bond donors (Lipinski definition) is 3. The van der Waals surface area contributed by atoms with Gasteiger partial charge in [0.1, 0.15) is 0 Å². The zero-order chi connectivity index (χ0) is 25.8. The van der Waals surface area contributed by atoms with Gasteiger partial charge in [0.05, 0.1) is 5.41 Å². The molecule has 0 aromatic heterocycles. The first-order valence-corrected chi connectivity index (χ1v) is 14.3. The minimum atomic E-state index is -0.317. The fourth-order valence-corrected chi connectivity index (χ4v) is 5.38. The SMILES string of the molecule is CCCCC(CC)CNC(=O)Nc1cccc(C2CC2(CC)C(=O)NCC(CC)CCCC)c1C. The van der Waals surface area contributed by atoms with Crippen LogP contribution < -0.4 is 16.0 Å². The summed E-state index contributed by atoms with van der Waals surface area (Å²) in [6, 6.07) is 5.94. The van der Waals surface area contributed by atoms with E-state index >= 15 is 0 Å². The number of urea groups is 1. The number of rotatable bonds is 16. The van der Waals surface area contributed by atoms with E-state index in [2.05, 4.69) is 63.6 Å². The van der Waals surface area contributed by atoms with Crippen molar-refractivity contribution < 1.29 is 9.59 Å². The standard InChI is InChI=1S/C30H51N3O2/c1-7-12-15-23(9-3)20-31-28(34)30(11-5)19-26(30)25-17-14-18-27(22(25)6)33-29(35)32-21-24(10-4)16-13-8-2/h14,17-18,23-24,26H,7-13,15-16,19-21H2,1-6H3,(H,31,34)(H2,32,33,35). The van der Waals surface area contributed by atoms with E-state index in [1.54, 1.807) is 0 Å². The molecule has 198 valence electrons. The van der Waals surface area contributed by atoms with Gasteiger partial charge in [-0.3, -0.25) is 4.79 Å². The van der Waals surface area contributed by atoms with Gasteiger partial charge in [0.25, 0.3) is 0 Å². The first kappa shape index (κ1) is 29.2. The molecule has 1 saturated carbocycles. The maximum absolute atomic E-state index is 13.3. The number of hydrogen-bond acceptors (Lipinski definition) is 2. The number of nitrogens with one attached hydrogen (secondary N) is 3. The smallest absolute Gasteiger partial charge is 0.319 e. The molecule has 1 aromatic carbocycles. The van der Waals surface area contributed by atoms with Crippen LogP contribution in [0.4, 0.5) is 10.5 Å². The zero-order valence-electron chi connectivity index (χ0n) is 23.3. The van der Waals surface area contributed by atoms with Crippen molar-refractivity contribution in [2.24, 2.45) is 17.3 Å². The van der Waals surface area contributed by atoms with Crippen LogP contribution in [0.5, 0.6) is 0 Å². The fraction of sp³-hybridized carbons (Fsp3) is 0.733. The Morgan fingerprint density at radius 1 is 0.943 bits per heavy atom. The minimum Gasteiger partial charge on any atom is -0.355 e. The highest BCUT2D eigenvalue weighted by atomic mass is 16.2. The van der Waals surface area contributed by atoms with Crippen molar-refractivity contribution in [3.63, 3.8) is 0 Å². The van der Waals surface area contributed by atoms with E-state index in [4.69, 9.17) is 0 Å². The third-order valence-electron chi connectivity index (χ3n) is 8.35. The van der Waals surface area contributed by atoms with Gasteiger partial charge in [-0.05, 0) is 67.6 Å². The second-order valence-corrected chi connectivity index (χ2v) is 10.7. The van der Waals surface area contributed by atoms with E-state index in [-0.39, 0.29) is 23.3 Å². The summed E-state index contributed by atoms with van der Waals surface area (Å²) in [7, 11) is 0. The van der Waals surface area contributed by atoms with Crippen LogP contribution in [0.25, 0.3) is 0 Å². The molecule has 4 unspecified atom stereocenters. The van der Waals surface area contributed by atoms with Gasteiger partial charge in [0.15, 0.2) is 0 Å². The molecule has 2 rings (SSSR count). The van der Waals surface area contributed by atoms with Crippen LogP contribution in [0.1, 0.15) is 116 Å². The molecule has 3 N–H and O–H groups in total. The van der Waals surface area contributed by atoms with Gasteiger partial charge in [-0.15, -0.1) is 0 Å². The van der Waals surface area contributed by atoms with Gasteiger partial charge in [-0.2, -0.15) is 0 Å². The second-order valence-electron chi connectivity index (χ2n) is 10.7. The van der Waals surface area contributed by atoms with Crippen molar-refractivity contribution in [1.29, 1.82) is 0 Å². The molecule has 0 aliphatic heterocycles. The van der Waals surface area contributed by atoms with Crippen LogP contribution >= 0.6 is 0 Å². The molecular formula is C30H51N3O2. The molecule has 0 bridgehead atoms. The van der Waals surface area contributed by atoms with E-state index in [0.29, 0.717) is 18.4 Å². The van der Waals surface area contributed by atoms with E-state index in [9.17, 15) is 9.59 Å². The summed E-state index contributed by atoms with van der Waals surface area (Å²) in [5.74, 6) is 1.50. The Labute approximate surface area is 214 Å². The molecule has 0 spiro atoms. The van der Waals surface area contributed by atoms with Crippen LogP contribution in [-0.2, 0) is 4.79 Å². The Balaban J connectivity index is 1.99. The molecule has 35 heavy (non-hydrogen) atoms. The minimum absolute atomic E-state index is 0.145. The van der Waals surface area contributed by atoms with E-state index < -0.39 is 0 Å². The number of benzene rings is 1. The molecule has 5 nitrogen and oxygen atoms in total. The molecule has 0 heterocycles. The first-order chi connectivity index (χ1) is 16.9. The summed E-state index contributed by atoms with van der Waals surface area (Å²) in [6.07, 6.45) is 11.1. The van der Waals surface area contributed by atoms with Gasteiger partial charge in [-0.25, -0.2) is 4.79 Å². The Hall–Kier alpha value is -2.04. The number of carbonyl (C=O) groups excluding carboxylic acids is 2. The normalized spacial score (nSPS) is 20.7. The lowest BCUT2D eigenvalue weighted by Crippen LogP contribution is -2.36. The van der Waals surface area contributed by atoms with Crippen LogP contribution in [0.15, 0.2) is 18.2 Å². The first-order valence-electron chi connectivity index (χ1n) is 14.3. The quantitative estimate of drug-likeness (QED) is 0.226. The van der Waals surface area contributed by atoms with Gasteiger partial charge in [0, 0.05) is 18.8 Å². The Morgan fingerprint density at radius 3 is 2.09 bits per heavy atom.